The lowest BCUT2D eigenvalue weighted by atomic mass is 9.99. The molecule has 3 N–H and O–H groups in total. The van der Waals surface area contributed by atoms with Gasteiger partial charge in [0, 0.05) is 17.4 Å². The Hall–Kier alpha value is -2.56. The number of rotatable bonds is 1. The van der Waals surface area contributed by atoms with Crippen LogP contribution in [-0.4, -0.2) is 18.3 Å². The topological polar surface area (TPSA) is 76.7 Å². The van der Waals surface area contributed by atoms with Crippen molar-refractivity contribution in [2.75, 3.05) is 6.61 Å². The van der Waals surface area contributed by atoms with E-state index in [2.05, 4.69) is 10.5 Å². The van der Waals surface area contributed by atoms with E-state index in [0.29, 0.717) is 13.0 Å². The van der Waals surface area contributed by atoms with Crippen molar-refractivity contribution in [3.05, 3.63) is 42.0 Å². The highest BCUT2D eigenvalue weighted by Crippen LogP contribution is 2.33. The minimum Gasteiger partial charge on any atom is -0.492 e. The lowest BCUT2D eigenvalue weighted by molar-refractivity contribution is 0.249. The highest BCUT2D eigenvalue weighted by Gasteiger charge is 2.19. The van der Waals surface area contributed by atoms with E-state index in [1.165, 1.54) is 0 Å². The van der Waals surface area contributed by atoms with Crippen molar-refractivity contribution in [1.82, 2.24) is 5.43 Å². The second-order valence-corrected chi connectivity index (χ2v) is 4.30. The molecule has 96 valence electrons. The second kappa shape index (κ2) is 4.61. The minimum absolute atomic E-state index is 0.542. The maximum absolute atomic E-state index is 10.7. The molecule has 0 spiro atoms. The summed E-state index contributed by atoms with van der Waals surface area (Å²) in [6.07, 6.45) is 0.644. The molecule has 5 nitrogen and oxygen atoms in total. The number of nitrogens with one attached hydrogen (secondary N) is 1. The molecule has 5 heteroatoms. The molecule has 1 aliphatic heterocycles. The van der Waals surface area contributed by atoms with Crippen LogP contribution >= 0.6 is 0 Å². The standard InChI is InChI=1S/C14H13N3O2/c15-14(18)17-16-12-7-8-19-13-10-4-2-1-3-9(10)5-6-11(12)13/h1-6H,7-8H2,(H3,15,17,18). The Kier molecular flexibility index (Phi) is 2.79. The van der Waals surface area contributed by atoms with E-state index >= 15 is 0 Å². The van der Waals surface area contributed by atoms with Gasteiger partial charge in [-0.05, 0) is 11.5 Å². The molecule has 0 aliphatic carbocycles. The van der Waals surface area contributed by atoms with Crippen LogP contribution in [0.3, 0.4) is 0 Å². The predicted octanol–water partition coefficient (Wildman–Crippen LogP) is 1.99. The van der Waals surface area contributed by atoms with E-state index in [1.54, 1.807) is 0 Å². The van der Waals surface area contributed by atoms with Crippen LogP contribution < -0.4 is 15.9 Å². The average Bonchev–Trinajstić information content (AvgIpc) is 2.44. The van der Waals surface area contributed by atoms with Gasteiger partial charge in [-0.2, -0.15) is 5.10 Å². The van der Waals surface area contributed by atoms with E-state index in [-0.39, 0.29) is 0 Å². The van der Waals surface area contributed by atoms with Crippen LogP contribution in [0.5, 0.6) is 5.75 Å². The summed E-state index contributed by atoms with van der Waals surface area (Å²) < 4.78 is 5.75. The van der Waals surface area contributed by atoms with Gasteiger partial charge < -0.3 is 10.5 Å². The molecule has 2 aromatic carbocycles. The number of hydrogen-bond donors (Lipinski definition) is 2. The molecule has 2 aromatic rings. The van der Waals surface area contributed by atoms with Crippen molar-refractivity contribution in [1.29, 1.82) is 0 Å². The highest BCUT2D eigenvalue weighted by atomic mass is 16.5. The van der Waals surface area contributed by atoms with Crippen molar-refractivity contribution in [2.24, 2.45) is 10.8 Å². The van der Waals surface area contributed by atoms with Crippen LogP contribution in [0.25, 0.3) is 10.8 Å². The van der Waals surface area contributed by atoms with Crippen molar-refractivity contribution in [3.8, 4) is 5.75 Å². The zero-order valence-corrected chi connectivity index (χ0v) is 10.2. The quantitative estimate of drug-likeness (QED) is 0.764. The van der Waals surface area contributed by atoms with Gasteiger partial charge in [0.15, 0.2) is 0 Å². The molecule has 19 heavy (non-hydrogen) atoms. The summed E-state index contributed by atoms with van der Waals surface area (Å²) in [7, 11) is 0. The molecule has 3 rings (SSSR count). The Labute approximate surface area is 110 Å². The van der Waals surface area contributed by atoms with E-state index < -0.39 is 6.03 Å². The molecule has 0 bridgehead atoms. The van der Waals surface area contributed by atoms with Crippen LogP contribution in [0.4, 0.5) is 4.79 Å². The first-order valence-electron chi connectivity index (χ1n) is 6.02. The fourth-order valence-electron chi connectivity index (χ4n) is 2.25. The smallest absolute Gasteiger partial charge is 0.332 e. The zero-order valence-electron chi connectivity index (χ0n) is 10.2. The Bertz CT molecular complexity index is 679. The number of amides is 2. The van der Waals surface area contributed by atoms with Gasteiger partial charge in [-0.25, -0.2) is 10.2 Å². The second-order valence-electron chi connectivity index (χ2n) is 4.30. The molecule has 2 amide bonds. The molecule has 0 aromatic heterocycles. The summed E-state index contributed by atoms with van der Waals surface area (Å²) in [6, 6.07) is 11.3. The van der Waals surface area contributed by atoms with Crippen LogP contribution in [0.15, 0.2) is 41.5 Å². The summed E-state index contributed by atoms with van der Waals surface area (Å²) in [6.45, 7) is 0.542. The first-order valence-corrected chi connectivity index (χ1v) is 6.02. The van der Waals surface area contributed by atoms with Crippen molar-refractivity contribution < 1.29 is 9.53 Å². The summed E-state index contributed by atoms with van der Waals surface area (Å²) in [5, 5.41) is 6.21. The van der Waals surface area contributed by atoms with Gasteiger partial charge in [0.1, 0.15) is 5.75 Å². The number of primary amides is 1. The van der Waals surface area contributed by atoms with Crippen LogP contribution in [-0.2, 0) is 0 Å². The number of hydrogen-bond acceptors (Lipinski definition) is 3. The molecule has 1 heterocycles. The van der Waals surface area contributed by atoms with Gasteiger partial charge >= 0.3 is 6.03 Å². The van der Waals surface area contributed by atoms with E-state index in [0.717, 1.165) is 27.8 Å². The number of fused-ring (bicyclic) bond motifs is 3. The maximum atomic E-state index is 10.7. The first kappa shape index (κ1) is 11.5. The molecule has 1 aliphatic rings. The number of nitrogens with zero attached hydrogens (tertiary/aromatic N) is 1. The molecule has 0 unspecified atom stereocenters. The molecule has 0 saturated carbocycles. The van der Waals surface area contributed by atoms with Gasteiger partial charge in [-0.1, -0.05) is 30.3 Å². The van der Waals surface area contributed by atoms with Gasteiger partial charge in [0.25, 0.3) is 0 Å². The number of nitrogens with two attached hydrogens (primary N) is 1. The third-order valence-corrected chi connectivity index (χ3v) is 3.08. The summed E-state index contributed by atoms with van der Waals surface area (Å²) in [5.74, 6) is 0.814. The van der Waals surface area contributed by atoms with Crippen LogP contribution in [0.2, 0.25) is 0 Å². The number of ether oxygens (including phenoxy) is 1. The van der Waals surface area contributed by atoms with Gasteiger partial charge in [0.05, 0.1) is 12.3 Å². The molecule has 0 atom stereocenters. The number of benzene rings is 2. The average molecular weight is 255 g/mol. The third kappa shape index (κ3) is 2.10. The largest absolute Gasteiger partial charge is 0.492 e. The third-order valence-electron chi connectivity index (χ3n) is 3.08. The maximum Gasteiger partial charge on any atom is 0.332 e. The van der Waals surface area contributed by atoms with E-state index in [1.807, 2.05) is 36.4 Å². The van der Waals surface area contributed by atoms with Crippen molar-refractivity contribution in [3.63, 3.8) is 0 Å². The fraction of sp³-hybridized carbons (Fsp3) is 0.143. The Morgan fingerprint density at radius 2 is 2.11 bits per heavy atom. The van der Waals surface area contributed by atoms with Gasteiger partial charge in [-0.15, -0.1) is 0 Å². The summed E-state index contributed by atoms with van der Waals surface area (Å²) >= 11 is 0. The molecule has 0 radical (unpaired) electrons. The van der Waals surface area contributed by atoms with E-state index in [9.17, 15) is 4.79 Å². The Morgan fingerprint density at radius 3 is 2.95 bits per heavy atom. The Balaban J connectivity index is 2.13. The summed E-state index contributed by atoms with van der Waals surface area (Å²) in [5.41, 5.74) is 8.99. The first-order chi connectivity index (χ1) is 9.25. The predicted molar refractivity (Wildman–Crippen MR) is 73.3 cm³/mol. The SMILES string of the molecule is NC(=O)NN=C1CCOc2c1ccc1ccccc21. The molecular weight excluding hydrogens is 242 g/mol. The van der Waals surface area contributed by atoms with Crippen LogP contribution in [0, 0.1) is 0 Å². The molecule has 0 fully saturated rings. The zero-order chi connectivity index (χ0) is 13.2. The van der Waals surface area contributed by atoms with Crippen molar-refractivity contribution in [2.45, 2.75) is 6.42 Å². The number of urea groups is 1. The monoisotopic (exact) mass is 255 g/mol. The molecule has 0 saturated heterocycles. The van der Waals surface area contributed by atoms with Gasteiger partial charge in [0.2, 0.25) is 0 Å². The summed E-state index contributed by atoms with van der Waals surface area (Å²) in [4.78, 5) is 10.7. The lowest BCUT2D eigenvalue weighted by Crippen LogP contribution is -2.27. The number of carbonyl (C=O) groups is 1. The van der Waals surface area contributed by atoms with Crippen LogP contribution in [0.1, 0.15) is 12.0 Å². The number of hydrazone groups is 1. The lowest BCUT2D eigenvalue weighted by Gasteiger charge is -2.20. The van der Waals surface area contributed by atoms with E-state index in [4.69, 9.17) is 10.5 Å². The molecular formula is C14H13N3O2. The fourth-order valence-corrected chi connectivity index (χ4v) is 2.25. The normalized spacial score (nSPS) is 15.9. The highest BCUT2D eigenvalue weighted by molar-refractivity contribution is 6.08. The van der Waals surface area contributed by atoms with Crippen molar-refractivity contribution >= 4 is 22.5 Å². The minimum atomic E-state index is -0.665. The number of carbonyl (C=O) groups excluding carboxylic acids is 1. The van der Waals surface area contributed by atoms with Gasteiger partial charge in [-0.3, -0.25) is 0 Å². The Morgan fingerprint density at radius 1 is 1.26 bits per heavy atom.